The predicted molar refractivity (Wildman–Crippen MR) is 79.1 cm³/mol. The van der Waals surface area contributed by atoms with E-state index in [2.05, 4.69) is 23.3 Å². The number of rotatable bonds is 7. The van der Waals surface area contributed by atoms with E-state index >= 15 is 0 Å². The Hall–Kier alpha value is -0.940. The minimum Gasteiger partial charge on any atom is -0.313 e. The number of hydrogen-bond acceptors (Lipinski definition) is 4. The number of nitrogens with zero attached hydrogens (tertiary/aromatic N) is 1. The van der Waals surface area contributed by atoms with Gasteiger partial charge in [0.1, 0.15) is 0 Å². The number of likely N-dealkylation sites (N-methyl/N-ethyl adjacent to an activating group) is 1. The molecule has 0 aliphatic heterocycles. The Kier molecular flexibility index (Phi) is 5.94. The number of nitrogens with one attached hydrogen (secondary N) is 1. The van der Waals surface area contributed by atoms with Crippen LogP contribution in [0.2, 0.25) is 0 Å². The quantitative estimate of drug-likeness (QED) is 0.826. The summed E-state index contributed by atoms with van der Waals surface area (Å²) in [5.41, 5.74) is 2.12. The average molecular weight is 284 g/mol. The van der Waals surface area contributed by atoms with Crippen molar-refractivity contribution in [1.82, 2.24) is 10.3 Å². The molecule has 1 heterocycles. The molecule has 1 N–H and O–H groups in total. The zero-order valence-electron chi connectivity index (χ0n) is 12.2. The van der Waals surface area contributed by atoms with Crippen LogP contribution in [-0.4, -0.2) is 37.5 Å². The van der Waals surface area contributed by atoms with Gasteiger partial charge in [0.2, 0.25) is 0 Å². The summed E-state index contributed by atoms with van der Waals surface area (Å²) in [7, 11) is -3.05. The maximum atomic E-state index is 11.7. The van der Waals surface area contributed by atoms with E-state index in [1.54, 1.807) is 6.92 Å². The van der Waals surface area contributed by atoms with E-state index in [0.717, 1.165) is 18.7 Å². The van der Waals surface area contributed by atoms with Gasteiger partial charge in [0, 0.05) is 30.6 Å². The van der Waals surface area contributed by atoms with Crippen molar-refractivity contribution in [2.24, 2.45) is 0 Å². The van der Waals surface area contributed by atoms with Crippen molar-refractivity contribution in [3.63, 3.8) is 0 Å². The van der Waals surface area contributed by atoms with E-state index < -0.39 is 15.1 Å². The molecule has 1 aromatic rings. The monoisotopic (exact) mass is 284 g/mol. The highest BCUT2D eigenvalue weighted by molar-refractivity contribution is 7.91. The summed E-state index contributed by atoms with van der Waals surface area (Å²) in [4.78, 5) is 4.40. The molecule has 19 heavy (non-hydrogen) atoms. The molecule has 0 amide bonds. The van der Waals surface area contributed by atoms with Crippen LogP contribution in [0.3, 0.4) is 0 Å². The highest BCUT2D eigenvalue weighted by atomic mass is 32.2. The van der Waals surface area contributed by atoms with Crippen LogP contribution in [0.15, 0.2) is 18.3 Å². The fourth-order valence-corrected chi connectivity index (χ4v) is 2.76. The van der Waals surface area contributed by atoms with Crippen molar-refractivity contribution in [3.8, 4) is 0 Å². The molecule has 0 radical (unpaired) electrons. The second-order valence-corrected chi connectivity index (χ2v) is 7.32. The van der Waals surface area contributed by atoms with Crippen molar-refractivity contribution < 1.29 is 8.42 Å². The lowest BCUT2D eigenvalue weighted by Gasteiger charge is -2.23. The number of pyridine rings is 1. The highest BCUT2D eigenvalue weighted by Gasteiger charge is 2.25. The molecular weight excluding hydrogens is 260 g/mol. The summed E-state index contributed by atoms with van der Waals surface area (Å²) in [6.07, 6.45) is 4.74. The maximum Gasteiger partial charge on any atom is 0.151 e. The van der Waals surface area contributed by atoms with Crippen LogP contribution < -0.4 is 5.32 Å². The molecule has 0 bridgehead atoms. The summed E-state index contributed by atoms with van der Waals surface area (Å²) in [5, 5.41) is 2.83. The zero-order chi connectivity index (χ0) is 14.5. The molecule has 2 unspecified atom stereocenters. The largest absolute Gasteiger partial charge is 0.313 e. The van der Waals surface area contributed by atoms with Crippen LogP contribution in [-0.2, 0) is 22.7 Å². The SMILES string of the molecule is CCNC(Cc1ccc(CC)cn1)C(C)S(C)(=O)=O. The molecule has 0 saturated heterocycles. The second kappa shape index (κ2) is 7.01. The van der Waals surface area contributed by atoms with Crippen molar-refractivity contribution >= 4 is 9.84 Å². The third-order valence-electron chi connectivity index (χ3n) is 3.43. The Balaban J connectivity index is 2.83. The molecular formula is C14H24N2O2S. The van der Waals surface area contributed by atoms with Gasteiger partial charge in [-0.3, -0.25) is 4.98 Å². The van der Waals surface area contributed by atoms with Crippen molar-refractivity contribution in [3.05, 3.63) is 29.6 Å². The van der Waals surface area contributed by atoms with Crippen molar-refractivity contribution in [2.75, 3.05) is 12.8 Å². The number of hydrogen-bond donors (Lipinski definition) is 1. The first-order valence-electron chi connectivity index (χ1n) is 6.74. The molecule has 1 rings (SSSR count). The summed E-state index contributed by atoms with van der Waals surface area (Å²) in [6.45, 7) is 6.57. The van der Waals surface area contributed by atoms with Crippen LogP contribution in [0.5, 0.6) is 0 Å². The van der Waals surface area contributed by atoms with Crippen LogP contribution in [0, 0.1) is 0 Å². The Morgan fingerprint density at radius 1 is 1.32 bits per heavy atom. The predicted octanol–water partition coefficient (Wildman–Crippen LogP) is 1.60. The lowest BCUT2D eigenvalue weighted by molar-refractivity contribution is 0.490. The van der Waals surface area contributed by atoms with Crippen LogP contribution >= 0.6 is 0 Å². The second-order valence-electron chi connectivity index (χ2n) is 4.91. The van der Waals surface area contributed by atoms with Crippen LogP contribution in [0.1, 0.15) is 32.0 Å². The normalized spacial score (nSPS) is 15.2. The Morgan fingerprint density at radius 2 is 2.00 bits per heavy atom. The topological polar surface area (TPSA) is 59.1 Å². The fourth-order valence-electron chi connectivity index (χ4n) is 1.97. The van der Waals surface area contributed by atoms with E-state index in [4.69, 9.17) is 0 Å². The molecule has 5 heteroatoms. The van der Waals surface area contributed by atoms with Gasteiger partial charge in [-0.05, 0) is 31.5 Å². The van der Waals surface area contributed by atoms with Crippen molar-refractivity contribution in [2.45, 2.75) is 44.9 Å². The Morgan fingerprint density at radius 3 is 2.42 bits per heavy atom. The maximum absolute atomic E-state index is 11.7. The number of sulfone groups is 1. The molecule has 0 saturated carbocycles. The number of aryl methyl sites for hydroxylation is 1. The third kappa shape index (κ3) is 4.91. The first-order valence-corrected chi connectivity index (χ1v) is 8.70. The molecule has 0 aliphatic carbocycles. The van der Waals surface area contributed by atoms with E-state index in [1.165, 1.54) is 11.8 Å². The molecule has 0 spiro atoms. The number of aromatic nitrogens is 1. The minimum atomic E-state index is -3.05. The van der Waals surface area contributed by atoms with Gasteiger partial charge in [-0.2, -0.15) is 0 Å². The van der Waals surface area contributed by atoms with Crippen molar-refractivity contribution in [1.29, 1.82) is 0 Å². The van der Waals surface area contributed by atoms with Crippen LogP contribution in [0.4, 0.5) is 0 Å². The summed E-state index contributed by atoms with van der Waals surface area (Å²) < 4.78 is 23.4. The first-order chi connectivity index (χ1) is 8.88. The van der Waals surface area contributed by atoms with Gasteiger partial charge in [0.15, 0.2) is 9.84 Å². The molecule has 2 atom stereocenters. The van der Waals surface area contributed by atoms with Gasteiger partial charge in [0.25, 0.3) is 0 Å². The van der Waals surface area contributed by atoms with E-state index in [-0.39, 0.29) is 6.04 Å². The fraction of sp³-hybridized carbons (Fsp3) is 0.643. The molecule has 108 valence electrons. The Labute approximate surface area is 116 Å². The lowest BCUT2D eigenvalue weighted by atomic mass is 10.1. The minimum absolute atomic E-state index is 0.0972. The summed E-state index contributed by atoms with van der Waals surface area (Å²) >= 11 is 0. The highest BCUT2D eigenvalue weighted by Crippen LogP contribution is 2.11. The summed E-state index contributed by atoms with van der Waals surface area (Å²) in [5.74, 6) is 0. The van der Waals surface area contributed by atoms with Gasteiger partial charge in [-0.25, -0.2) is 8.42 Å². The molecule has 0 fully saturated rings. The van der Waals surface area contributed by atoms with E-state index in [9.17, 15) is 8.42 Å². The van der Waals surface area contributed by atoms with E-state index in [1.807, 2.05) is 19.2 Å². The molecule has 0 aliphatic rings. The van der Waals surface area contributed by atoms with E-state index in [0.29, 0.717) is 6.42 Å². The zero-order valence-corrected chi connectivity index (χ0v) is 13.0. The van der Waals surface area contributed by atoms with Gasteiger partial charge in [-0.1, -0.05) is 19.9 Å². The first kappa shape index (κ1) is 16.1. The summed E-state index contributed by atoms with van der Waals surface area (Å²) in [6, 6.07) is 3.94. The molecule has 4 nitrogen and oxygen atoms in total. The smallest absolute Gasteiger partial charge is 0.151 e. The third-order valence-corrected chi connectivity index (χ3v) is 5.11. The molecule has 1 aromatic heterocycles. The van der Waals surface area contributed by atoms with Crippen LogP contribution in [0.25, 0.3) is 0 Å². The van der Waals surface area contributed by atoms with Gasteiger partial charge >= 0.3 is 0 Å². The molecule has 0 aromatic carbocycles. The standard InChI is InChI=1S/C14H24N2O2S/c1-5-12-7-8-13(16-10-12)9-14(15-6-2)11(3)19(4,17)18/h7-8,10-11,14-15H,5-6,9H2,1-4H3. The Bertz CT molecular complexity index is 483. The van der Waals surface area contributed by atoms with Gasteiger partial charge < -0.3 is 5.32 Å². The average Bonchev–Trinajstić information content (AvgIpc) is 2.37. The van der Waals surface area contributed by atoms with Gasteiger partial charge in [-0.15, -0.1) is 0 Å². The van der Waals surface area contributed by atoms with Gasteiger partial charge in [0.05, 0.1) is 5.25 Å². The lowest BCUT2D eigenvalue weighted by Crippen LogP contribution is -2.43.